The molecule has 1 fully saturated rings. The van der Waals surface area contributed by atoms with Gasteiger partial charge in [-0.25, -0.2) is 0 Å². The van der Waals surface area contributed by atoms with Gasteiger partial charge in [-0.3, -0.25) is 5.41 Å². The van der Waals surface area contributed by atoms with E-state index < -0.39 is 0 Å². The van der Waals surface area contributed by atoms with Crippen molar-refractivity contribution in [2.45, 2.75) is 44.6 Å². The lowest BCUT2D eigenvalue weighted by atomic mass is 9.92. The Labute approximate surface area is 80.8 Å². The number of hydrogen-bond acceptors (Lipinski definition) is 2. The van der Waals surface area contributed by atoms with Crippen molar-refractivity contribution in [3.8, 4) is 0 Å². The molecular formula is C10H21N3. The molecule has 0 unspecified atom stereocenters. The van der Waals surface area contributed by atoms with Crippen molar-refractivity contribution in [1.82, 2.24) is 4.90 Å². The van der Waals surface area contributed by atoms with Gasteiger partial charge in [0.1, 0.15) is 0 Å². The van der Waals surface area contributed by atoms with Crippen molar-refractivity contribution >= 4 is 5.84 Å². The molecule has 1 aliphatic carbocycles. The third kappa shape index (κ3) is 3.77. The van der Waals surface area contributed by atoms with Gasteiger partial charge in [0, 0.05) is 12.5 Å². The number of nitrogens with one attached hydrogen (secondary N) is 1. The largest absolute Gasteiger partial charge is 0.388 e. The number of unbranched alkanes of at least 4 members (excludes halogenated alkanes) is 1. The fourth-order valence-corrected chi connectivity index (χ4v) is 1.69. The molecule has 0 amide bonds. The summed E-state index contributed by atoms with van der Waals surface area (Å²) in [6, 6.07) is 0.845. The molecule has 0 radical (unpaired) electrons. The van der Waals surface area contributed by atoms with E-state index in [4.69, 9.17) is 11.1 Å². The number of nitrogens with two attached hydrogens (primary N) is 1. The monoisotopic (exact) mass is 183 g/mol. The summed E-state index contributed by atoms with van der Waals surface area (Å²) in [6.45, 7) is 1.16. The van der Waals surface area contributed by atoms with Gasteiger partial charge >= 0.3 is 0 Å². The first-order valence-electron chi connectivity index (χ1n) is 5.23. The van der Waals surface area contributed by atoms with E-state index in [9.17, 15) is 0 Å². The maximum Gasteiger partial charge on any atom is 0.0905 e. The normalized spacial score (nSPS) is 17.4. The number of nitrogens with zero attached hydrogens (tertiary/aromatic N) is 1. The lowest BCUT2D eigenvalue weighted by Crippen LogP contribution is -2.37. The third-order valence-electron chi connectivity index (χ3n) is 2.90. The van der Waals surface area contributed by atoms with E-state index in [1.807, 2.05) is 0 Å². The minimum absolute atomic E-state index is 0.325. The average Bonchev–Trinajstić information content (AvgIpc) is 1.94. The first-order valence-corrected chi connectivity index (χ1v) is 5.23. The summed E-state index contributed by atoms with van der Waals surface area (Å²) in [4.78, 5) is 2.45. The van der Waals surface area contributed by atoms with Crippen molar-refractivity contribution in [3.05, 3.63) is 0 Å². The molecule has 0 aromatic carbocycles. The second-order valence-corrected chi connectivity index (χ2v) is 4.05. The molecule has 0 aliphatic heterocycles. The zero-order valence-corrected chi connectivity index (χ0v) is 8.55. The first-order chi connectivity index (χ1) is 6.20. The Morgan fingerprint density at radius 3 is 2.62 bits per heavy atom. The molecular weight excluding hydrogens is 162 g/mol. The average molecular weight is 183 g/mol. The summed E-state index contributed by atoms with van der Waals surface area (Å²) >= 11 is 0. The molecule has 13 heavy (non-hydrogen) atoms. The molecule has 3 nitrogen and oxygen atoms in total. The molecule has 0 bridgehead atoms. The number of amidine groups is 1. The van der Waals surface area contributed by atoms with Gasteiger partial charge in [-0.15, -0.1) is 0 Å². The van der Waals surface area contributed by atoms with E-state index in [0.717, 1.165) is 25.4 Å². The number of hydrogen-bond donors (Lipinski definition) is 2. The van der Waals surface area contributed by atoms with Crippen molar-refractivity contribution in [2.24, 2.45) is 5.73 Å². The highest BCUT2D eigenvalue weighted by atomic mass is 15.1. The van der Waals surface area contributed by atoms with Crippen molar-refractivity contribution in [2.75, 3.05) is 13.6 Å². The second-order valence-electron chi connectivity index (χ2n) is 4.05. The molecule has 0 aromatic heterocycles. The highest BCUT2D eigenvalue weighted by Gasteiger charge is 2.20. The van der Waals surface area contributed by atoms with Crippen LogP contribution in [0.4, 0.5) is 0 Å². The Hall–Kier alpha value is -0.570. The van der Waals surface area contributed by atoms with E-state index >= 15 is 0 Å². The molecule has 3 heteroatoms. The van der Waals surface area contributed by atoms with Crippen LogP contribution in [-0.2, 0) is 0 Å². The van der Waals surface area contributed by atoms with Gasteiger partial charge in [0.25, 0.3) is 0 Å². The Morgan fingerprint density at radius 1 is 1.46 bits per heavy atom. The van der Waals surface area contributed by atoms with E-state index in [1.165, 1.54) is 25.7 Å². The molecule has 0 heterocycles. The Bertz CT molecular complexity index is 164. The van der Waals surface area contributed by atoms with E-state index in [0.29, 0.717) is 5.84 Å². The van der Waals surface area contributed by atoms with Crippen LogP contribution in [0.25, 0.3) is 0 Å². The molecule has 1 saturated carbocycles. The number of rotatable bonds is 6. The van der Waals surface area contributed by atoms with Crippen LogP contribution >= 0.6 is 0 Å². The van der Waals surface area contributed by atoms with Gasteiger partial charge in [0.15, 0.2) is 0 Å². The van der Waals surface area contributed by atoms with Crippen molar-refractivity contribution < 1.29 is 0 Å². The predicted octanol–water partition coefficient (Wildman–Crippen LogP) is 1.58. The molecule has 76 valence electrons. The smallest absolute Gasteiger partial charge is 0.0905 e. The van der Waals surface area contributed by atoms with Crippen LogP contribution in [0.15, 0.2) is 0 Å². The standard InChI is InChI=1S/C10H21N3/c1-13(9-5-4-6-9)8-3-2-7-10(11)12/h9H,2-8H2,1H3,(H3,11,12). The molecule has 1 rings (SSSR count). The quantitative estimate of drug-likeness (QED) is 0.373. The van der Waals surface area contributed by atoms with Gasteiger partial charge in [-0.2, -0.15) is 0 Å². The summed E-state index contributed by atoms with van der Waals surface area (Å²) in [5, 5.41) is 7.08. The fraction of sp³-hybridized carbons (Fsp3) is 0.900. The van der Waals surface area contributed by atoms with Crippen LogP contribution in [0.2, 0.25) is 0 Å². The van der Waals surface area contributed by atoms with Crippen LogP contribution in [0.3, 0.4) is 0 Å². The SMILES string of the molecule is CN(CCCCC(=N)N)C1CCC1. The summed E-state index contributed by atoms with van der Waals surface area (Å²) < 4.78 is 0. The lowest BCUT2D eigenvalue weighted by molar-refractivity contribution is 0.157. The molecule has 3 N–H and O–H groups in total. The molecule has 0 spiro atoms. The second kappa shape index (κ2) is 5.22. The zero-order chi connectivity index (χ0) is 9.68. The topological polar surface area (TPSA) is 53.1 Å². The summed E-state index contributed by atoms with van der Waals surface area (Å²) in [7, 11) is 2.21. The van der Waals surface area contributed by atoms with Crippen molar-refractivity contribution in [3.63, 3.8) is 0 Å². The van der Waals surface area contributed by atoms with Gasteiger partial charge in [0.2, 0.25) is 0 Å². The third-order valence-corrected chi connectivity index (χ3v) is 2.90. The van der Waals surface area contributed by atoms with Crippen LogP contribution in [-0.4, -0.2) is 30.4 Å². The summed E-state index contributed by atoms with van der Waals surface area (Å²) in [6.07, 6.45) is 7.16. The Balaban J connectivity index is 1.95. The van der Waals surface area contributed by atoms with Crippen LogP contribution in [0.1, 0.15) is 38.5 Å². The molecule has 0 saturated heterocycles. The zero-order valence-electron chi connectivity index (χ0n) is 8.55. The van der Waals surface area contributed by atoms with E-state index in [1.54, 1.807) is 0 Å². The minimum atomic E-state index is 0.325. The highest BCUT2D eigenvalue weighted by molar-refractivity contribution is 5.76. The fourth-order valence-electron chi connectivity index (χ4n) is 1.69. The maximum atomic E-state index is 7.08. The van der Waals surface area contributed by atoms with Crippen LogP contribution in [0.5, 0.6) is 0 Å². The van der Waals surface area contributed by atoms with E-state index in [-0.39, 0.29) is 0 Å². The highest BCUT2D eigenvalue weighted by Crippen LogP contribution is 2.23. The Morgan fingerprint density at radius 2 is 2.15 bits per heavy atom. The Kier molecular flexibility index (Phi) is 4.22. The summed E-state index contributed by atoms with van der Waals surface area (Å²) in [5.74, 6) is 0.325. The summed E-state index contributed by atoms with van der Waals surface area (Å²) in [5.41, 5.74) is 5.28. The van der Waals surface area contributed by atoms with Gasteiger partial charge in [-0.05, 0) is 39.3 Å². The van der Waals surface area contributed by atoms with Crippen LogP contribution in [0, 0.1) is 5.41 Å². The van der Waals surface area contributed by atoms with Crippen molar-refractivity contribution in [1.29, 1.82) is 5.41 Å². The first kappa shape index (κ1) is 10.5. The molecule has 0 atom stereocenters. The molecule has 0 aromatic rings. The lowest BCUT2D eigenvalue weighted by Gasteiger charge is -2.34. The maximum absolute atomic E-state index is 7.08. The predicted molar refractivity (Wildman–Crippen MR) is 56.0 cm³/mol. The minimum Gasteiger partial charge on any atom is -0.388 e. The van der Waals surface area contributed by atoms with Gasteiger partial charge < -0.3 is 10.6 Å². The van der Waals surface area contributed by atoms with Gasteiger partial charge in [-0.1, -0.05) is 6.42 Å². The van der Waals surface area contributed by atoms with E-state index in [2.05, 4.69) is 11.9 Å². The van der Waals surface area contributed by atoms with Gasteiger partial charge in [0.05, 0.1) is 5.84 Å². The molecule has 1 aliphatic rings. The van der Waals surface area contributed by atoms with Crippen LogP contribution < -0.4 is 5.73 Å².